The molecule has 0 bridgehead atoms. The van der Waals surface area contributed by atoms with Gasteiger partial charge >= 0.3 is 11.9 Å². The fourth-order valence-electron chi connectivity index (χ4n) is 3.25. The normalized spacial score (nSPS) is 15.1. The summed E-state index contributed by atoms with van der Waals surface area (Å²) in [5, 5.41) is 26.0. The Hall–Kier alpha value is -3.13. The summed E-state index contributed by atoms with van der Waals surface area (Å²) in [6, 6.07) is -4.53. The molecule has 0 saturated heterocycles. The summed E-state index contributed by atoms with van der Waals surface area (Å²) in [6.07, 6.45) is 4.91. The number of aromatic nitrogens is 2. The number of hydrogen-bond acceptors (Lipinski definition) is 8. The number of rotatable bonds is 17. The van der Waals surface area contributed by atoms with E-state index in [-0.39, 0.29) is 25.2 Å². The van der Waals surface area contributed by atoms with Crippen LogP contribution in [0.15, 0.2) is 12.5 Å². The van der Waals surface area contributed by atoms with E-state index in [0.29, 0.717) is 17.9 Å². The number of carboxylic acids is 2. The second kappa shape index (κ2) is 15.8. The molecule has 8 N–H and O–H groups in total. The summed E-state index contributed by atoms with van der Waals surface area (Å²) < 4.78 is 0. The molecule has 0 aliphatic heterocycles. The van der Waals surface area contributed by atoms with Crippen molar-refractivity contribution in [3.8, 4) is 0 Å². The van der Waals surface area contributed by atoms with E-state index in [9.17, 15) is 29.1 Å². The number of carbonyl (C=O) groups excluding carboxylic acids is 3. The van der Waals surface area contributed by atoms with Crippen LogP contribution in [0.5, 0.6) is 0 Å². The van der Waals surface area contributed by atoms with E-state index in [1.807, 2.05) is 6.26 Å². The minimum atomic E-state index is -1.27. The summed E-state index contributed by atoms with van der Waals surface area (Å²) in [7, 11) is 0. The molecular weight excluding hydrogens is 492 g/mol. The van der Waals surface area contributed by atoms with E-state index in [2.05, 4.69) is 25.9 Å². The Balaban J connectivity index is 2.98. The maximum atomic E-state index is 13.1. The molecule has 1 heterocycles. The van der Waals surface area contributed by atoms with Gasteiger partial charge in [0.1, 0.15) is 18.1 Å². The van der Waals surface area contributed by atoms with E-state index in [1.54, 1.807) is 13.8 Å². The molecule has 1 aromatic rings. The highest BCUT2D eigenvalue weighted by Gasteiger charge is 2.33. The predicted octanol–water partition coefficient (Wildman–Crippen LogP) is -0.517. The number of aromatic amines is 1. The van der Waals surface area contributed by atoms with E-state index in [1.165, 1.54) is 24.3 Å². The highest BCUT2D eigenvalue weighted by atomic mass is 32.2. The summed E-state index contributed by atoms with van der Waals surface area (Å²) in [4.78, 5) is 68.0. The number of H-pyrrole nitrogens is 1. The van der Waals surface area contributed by atoms with E-state index < -0.39 is 60.2 Å². The lowest BCUT2D eigenvalue weighted by Crippen LogP contribution is -2.58. The van der Waals surface area contributed by atoms with Gasteiger partial charge in [-0.05, 0) is 30.8 Å². The van der Waals surface area contributed by atoms with Crippen molar-refractivity contribution in [2.75, 3.05) is 12.0 Å². The quantitative estimate of drug-likeness (QED) is 0.137. The van der Waals surface area contributed by atoms with Crippen LogP contribution in [-0.4, -0.2) is 86.0 Å². The summed E-state index contributed by atoms with van der Waals surface area (Å²) in [6.45, 7) is 3.52. The Kier molecular flexibility index (Phi) is 13.5. The Morgan fingerprint density at radius 2 is 1.72 bits per heavy atom. The van der Waals surface area contributed by atoms with Crippen LogP contribution < -0.4 is 21.7 Å². The monoisotopic (exact) mass is 528 g/mol. The highest BCUT2D eigenvalue weighted by molar-refractivity contribution is 7.98. The lowest BCUT2D eigenvalue weighted by molar-refractivity contribution is -0.142. The standard InChI is InChI=1S/C22H36N6O7S/c1-4-12(2)18(21(33)27-16(22(34)35)7-8-36-3)28-20(32)15(5-6-17(29)30)26-19(31)14(23)9-13-10-24-11-25-13/h10-12,14-16,18H,4-9,23H2,1-3H3,(H,24,25)(H,26,31)(H,27,33)(H,28,32)(H,29,30)(H,34,35). The molecule has 202 valence electrons. The third-order valence-electron chi connectivity index (χ3n) is 5.63. The van der Waals surface area contributed by atoms with Gasteiger partial charge in [-0.25, -0.2) is 9.78 Å². The number of carbonyl (C=O) groups is 5. The zero-order valence-electron chi connectivity index (χ0n) is 20.7. The SMILES string of the molecule is CCC(C)C(NC(=O)C(CCC(=O)O)NC(=O)C(N)Cc1cnc[nH]1)C(=O)NC(CCSC)C(=O)O. The van der Waals surface area contributed by atoms with Crippen LogP contribution in [0.4, 0.5) is 0 Å². The predicted molar refractivity (Wildman–Crippen MR) is 133 cm³/mol. The minimum Gasteiger partial charge on any atom is -0.481 e. The molecule has 0 radical (unpaired) electrons. The van der Waals surface area contributed by atoms with Crippen LogP contribution in [0.1, 0.15) is 45.2 Å². The number of imidazole rings is 1. The Bertz CT molecular complexity index is 882. The number of nitrogens with zero attached hydrogens (tertiary/aromatic N) is 1. The van der Waals surface area contributed by atoms with Gasteiger partial charge in [0.25, 0.3) is 0 Å². The van der Waals surface area contributed by atoms with Gasteiger partial charge in [0, 0.05) is 24.7 Å². The Morgan fingerprint density at radius 1 is 1.06 bits per heavy atom. The molecule has 0 aromatic carbocycles. The van der Waals surface area contributed by atoms with Crippen molar-refractivity contribution in [3.05, 3.63) is 18.2 Å². The average molecular weight is 529 g/mol. The minimum absolute atomic E-state index is 0.115. The van der Waals surface area contributed by atoms with Gasteiger partial charge in [-0.15, -0.1) is 0 Å². The van der Waals surface area contributed by atoms with Crippen LogP contribution in [-0.2, 0) is 30.4 Å². The summed E-state index contributed by atoms with van der Waals surface area (Å²) in [5.41, 5.74) is 6.53. The zero-order valence-corrected chi connectivity index (χ0v) is 21.5. The van der Waals surface area contributed by atoms with Crippen molar-refractivity contribution in [3.63, 3.8) is 0 Å². The number of nitrogens with one attached hydrogen (secondary N) is 4. The fraction of sp³-hybridized carbons (Fsp3) is 0.636. The van der Waals surface area contributed by atoms with Crippen molar-refractivity contribution in [1.29, 1.82) is 0 Å². The van der Waals surface area contributed by atoms with Gasteiger partial charge in [-0.1, -0.05) is 20.3 Å². The second-order valence-electron chi connectivity index (χ2n) is 8.43. The van der Waals surface area contributed by atoms with Crippen molar-refractivity contribution < 1.29 is 34.2 Å². The van der Waals surface area contributed by atoms with Gasteiger partial charge < -0.3 is 36.9 Å². The van der Waals surface area contributed by atoms with Crippen LogP contribution in [0.3, 0.4) is 0 Å². The van der Waals surface area contributed by atoms with Gasteiger partial charge in [-0.3, -0.25) is 19.2 Å². The van der Waals surface area contributed by atoms with Crippen molar-refractivity contribution in [2.24, 2.45) is 11.7 Å². The molecular formula is C22H36N6O7S. The largest absolute Gasteiger partial charge is 0.481 e. The summed E-state index contributed by atoms with van der Waals surface area (Å²) in [5.74, 6) is -4.34. The first-order valence-corrected chi connectivity index (χ1v) is 13.0. The highest BCUT2D eigenvalue weighted by Crippen LogP contribution is 2.11. The van der Waals surface area contributed by atoms with E-state index in [4.69, 9.17) is 10.8 Å². The maximum absolute atomic E-state index is 13.1. The van der Waals surface area contributed by atoms with Crippen LogP contribution in [0, 0.1) is 5.92 Å². The molecule has 13 nitrogen and oxygen atoms in total. The second-order valence-corrected chi connectivity index (χ2v) is 9.42. The van der Waals surface area contributed by atoms with Crippen molar-refractivity contribution >= 4 is 41.4 Å². The van der Waals surface area contributed by atoms with Gasteiger partial charge in [0.15, 0.2) is 0 Å². The lowest BCUT2D eigenvalue weighted by atomic mass is 9.97. The van der Waals surface area contributed by atoms with Gasteiger partial charge in [-0.2, -0.15) is 11.8 Å². The topological polar surface area (TPSA) is 217 Å². The van der Waals surface area contributed by atoms with E-state index in [0.717, 1.165) is 0 Å². The molecule has 0 fully saturated rings. The molecule has 1 aromatic heterocycles. The van der Waals surface area contributed by atoms with E-state index >= 15 is 0 Å². The van der Waals surface area contributed by atoms with Gasteiger partial charge in [0.2, 0.25) is 17.7 Å². The summed E-state index contributed by atoms with van der Waals surface area (Å²) >= 11 is 1.44. The maximum Gasteiger partial charge on any atom is 0.326 e. The molecule has 0 saturated carbocycles. The third-order valence-corrected chi connectivity index (χ3v) is 6.27. The molecule has 36 heavy (non-hydrogen) atoms. The van der Waals surface area contributed by atoms with Crippen LogP contribution in [0.2, 0.25) is 0 Å². The first-order valence-electron chi connectivity index (χ1n) is 11.6. The number of thioether (sulfide) groups is 1. The Morgan fingerprint density at radius 3 is 2.25 bits per heavy atom. The first-order chi connectivity index (χ1) is 17.0. The molecule has 5 atom stereocenters. The average Bonchev–Trinajstić information content (AvgIpc) is 3.34. The number of carboxylic acid groups (broad SMARTS) is 2. The van der Waals surface area contributed by atoms with Crippen LogP contribution in [0.25, 0.3) is 0 Å². The van der Waals surface area contributed by atoms with Crippen molar-refractivity contribution in [2.45, 2.75) is 70.1 Å². The first kappa shape index (κ1) is 30.9. The molecule has 14 heteroatoms. The lowest BCUT2D eigenvalue weighted by Gasteiger charge is -2.28. The molecule has 0 spiro atoms. The number of aliphatic carboxylic acids is 2. The van der Waals surface area contributed by atoms with Gasteiger partial charge in [0.05, 0.1) is 12.4 Å². The molecule has 3 amide bonds. The number of hydrogen-bond donors (Lipinski definition) is 7. The molecule has 0 aliphatic carbocycles. The fourth-order valence-corrected chi connectivity index (χ4v) is 3.72. The third kappa shape index (κ3) is 10.6. The number of amides is 3. The molecule has 5 unspecified atom stereocenters. The molecule has 1 rings (SSSR count). The number of nitrogens with two attached hydrogens (primary N) is 1. The smallest absolute Gasteiger partial charge is 0.326 e. The molecule has 0 aliphatic rings. The Labute approximate surface area is 213 Å². The van der Waals surface area contributed by atoms with Crippen molar-refractivity contribution in [1.82, 2.24) is 25.9 Å². The van der Waals surface area contributed by atoms with Crippen LogP contribution >= 0.6 is 11.8 Å². The zero-order chi connectivity index (χ0) is 27.3.